The van der Waals surface area contributed by atoms with Crippen LogP contribution in [0.4, 0.5) is 5.82 Å². The van der Waals surface area contributed by atoms with Crippen molar-refractivity contribution in [3.63, 3.8) is 0 Å². The minimum atomic E-state index is 0.209. The van der Waals surface area contributed by atoms with Crippen LogP contribution in [0.1, 0.15) is 75.9 Å². The van der Waals surface area contributed by atoms with Gasteiger partial charge in [0.15, 0.2) is 0 Å². The molecule has 0 saturated heterocycles. The molecule has 0 radical (unpaired) electrons. The number of nitrogens with one attached hydrogen (secondary N) is 1. The summed E-state index contributed by atoms with van der Waals surface area (Å²) in [6.07, 6.45) is 4.88. The highest BCUT2D eigenvalue weighted by atomic mass is 16.3. The summed E-state index contributed by atoms with van der Waals surface area (Å²) in [5.41, 5.74) is 7.87. The topological polar surface area (TPSA) is 58.0 Å². The van der Waals surface area contributed by atoms with Crippen LogP contribution in [-0.2, 0) is 6.42 Å². The van der Waals surface area contributed by atoms with E-state index in [2.05, 4.69) is 71.1 Å². The fourth-order valence-corrected chi connectivity index (χ4v) is 3.97. The van der Waals surface area contributed by atoms with Gasteiger partial charge in [-0.2, -0.15) is 0 Å². The van der Waals surface area contributed by atoms with E-state index in [1.165, 1.54) is 16.7 Å². The summed E-state index contributed by atoms with van der Waals surface area (Å²) < 4.78 is 0. The molecule has 0 bridgehead atoms. The van der Waals surface area contributed by atoms with Gasteiger partial charge in [0, 0.05) is 30.6 Å². The molecule has 0 spiro atoms. The van der Waals surface area contributed by atoms with Gasteiger partial charge in [0.1, 0.15) is 5.82 Å². The zero-order chi connectivity index (χ0) is 21.6. The average Bonchev–Trinajstić information content (AvgIpc) is 2.73. The molecule has 1 atom stereocenters. The molecule has 2 aromatic rings. The number of aliphatic hydroxyl groups is 1. The molecular formula is C25H37N3O. The Hall–Kier alpha value is -2.20. The molecule has 0 aliphatic carbocycles. The number of pyridine rings is 2. The van der Waals surface area contributed by atoms with Crippen molar-refractivity contribution in [2.45, 2.75) is 66.7 Å². The van der Waals surface area contributed by atoms with Gasteiger partial charge in [0.05, 0.1) is 5.69 Å². The van der Waals surface area contributed by atoms with Crippen molar-refractivity contribution in [3.8, 4) is 11.3 Å². The molecule has 0 fully saturated rings. The molecule has 0 unspecified atom stereocenters. The highest BCUT2D eigenvalue weighted by molar-refractivity contribution is 5.78. The lowest BCUT2D eigenvalue weighted by atomic mass is 9.86. The van der Waals surface area contributed by atoms with E-state index in [1.54, 1.807) is 0 Å². The van der Waals surface area contributed by atoms with E-state index in [0.29, 0.717) is 11.8 Å². The number of allylic oxidation sites excluding steroid dienone is 2. The molecule has 0 aliphatic rings. The Balaban J connectivity index is 2.62. The third-order valence-corrected chi connectivity index (χ3v) is 5.71. The summed E-state index contributed by atoms with van der Waals surface area (Å²) in [6.45, 7) is 13.1. The van der Waals surface area contributed by atoms with E-state index in [0.717, 1.165) is 47.7 Å². The van der Waals surface area contributed by atoms with E-state index >= 15 is 0 Å². The predicted molar refractivity (Wildman–Crippen MR) is 124 cm³/mol. The van der Waals surface area contributed by atoms with E-state index in [4.69, 9.17) is 9.97 Å². The lowest BCUT2D eigenvalue weighted by Crippen LogP contribution is -2.09. The number of nitrogens with zero attached hydrogens (tertiary/aromatic N) is 2. The van der Waals surface area contributed by atoms with Crippen LogP contribution in [0.3, 0.4) is 0 Å². The van der Waals surface area contributed by atoms with Crippen LogP contribution in [-0.4, -0.2) is 28.7 Å². The van der Waals surface area contributed by atoms with Gasteiger partial charge in [-0.1, -0.05) is 33.8 Å². The van der Waals surface area contributed by atoms with Gasteiger partial charge in [-0.3, -0.25) is 4.98 Å². The van der Waals surface area contributed by atoms with Crippen molar-refractivity contribution in [2.75, 3.05) is 19.0 Å². The molecular weight excluding hydrogens is 358 g/mol. The molecule has 2 N–H and O–H groups in total. The van der Waals surface area contributed by atoms with Crippen molar-refractivity contribution in [3.05, 3.63) is 46.8 Å². The molecule has 2 rings (SSSR count). The van der Waals surface area contributed by atoms with Crippen LogP contribution < -0.4 is 5.32 Å². The van der Waals surface area contributed by atoms with Crippen molar-refractivity contribution >= 4 is 11.4 Å². The SMILES string of the molecule is C/C=C(\c1cc(CC)c(-c2ccc(C(C)C)nc2NC)nc1C)[C@@H](CC)CCO. The van der Waals surface area contributed by atoms with E-state index in [-0.39, 0.29) is 6.61 Å². The minimum absolute atomic E-state index is 0.209. The van der Waals surface area contributed by atoms with Gasteiger partial charge in [0.25, 0.3) is 0 Å². The number of hydrogen-bond donors (Lipinski definition) is 2. The first-order chi connectivity index (χ1) is 13.9. The molecule has 0 aromatic carbocycles. The molecule has 4 nitrogen and oxygen atoms in total. The van der Waals surface area contributed by atoms with Crippen LogP contribution in [0, 0.1) is 12.8 Å². The zero-order valence-electron chi connectivity index (χ0n) is 19.1. The smallest absolute Gasteiger partial charge is 0.135 e. The van der Waals surface area contributed by atoms with Crippen molar-refractivity contribution < 1.29 is 5.11 Å². The standard InChI is InChI=1S/C25H37N3O/c1-8-18(13-14-29)20(10-3)22-15-19(9-2)24(27-17(22)6)21-11-12-23(16(4)5)28-25(21)26-7/h10-12,15-16,18,29H,8-9,13-14H2,1-7H3,(H,26,28)/b20-10-/t18-/m0/s1. The lowest BCUT2D eigenvalue weighted by molar-refractivity contribution is 0.270. The van der Waals surface area contributed by atoms with Gasteiger partial charge < -0.3 is 10.4 Å². The molecule has 0 amide bonds. The maximum absolute atomic E-state index is 9.48. The van der Waals surface area contributed by atoms with Gasteiger partial charge in [-0.25, -0.2) is 4.98 Å². The molecule has 2 aromatic heterocycles. The van der Waals surface area contributed by atoms with Crippen LogP contribution in [0.25, 0.3) is 16.8 Å². The highest BCUT2D eigenvalue weighted by Gasteiger charge is 2.20. The largest absolute Gasteiger partial charge is 0.396 e. The number of aryl methyl sites for hydroxylation is 2. The molecule has 0 saturated carbocycles. The Kier molecular flexibility index (Phi) is 8.39. The fraction of sp³-hybridized carbons (Fsp3) is 0.520. The monoisotopic (exact) mass is 395 g/mol. The van der Waals surface area contributed by atoms with Crippen LogP contribution in [0.2, 0.25) is 0 Å². The Morgan fingerprint density at radius 1 is 1.21 bits per heavy atom. The van der Waals surface area contributed by atoms with Crippen molar-refractivity contribution in [1.29, 1.82) is 0 Å². The van der Waals surface area contributed by atoms with Crippen LogP contribution >= 0.6 is 0 Å². The molecule has 29 heavy (non-hydrogen) atoms. The molecule has 0 aliphatic heterocycles. The third kappa shape index (κ3) is 5.05. The van der Waals surface area contributed by atoms with E-state index in [9.17, 15) is 5.11 Å². The summed E-state index contributed by atoms with van der Waals surface area (Å²) >= 11 is 0. The Morgan fingerprint density at radius 3 is 2.45 bits per heavy atom. The highest BCUT2D eigenvalue weighted by Crippen LogP contribution is 2.35. The van der Waals surface area contributed by atoms with Gasteiger partial charge in [0.2, 0.25) is 0 Å². The van der Waals surface area contributed by atoms with Crippen molar-refractivity contribution in [2.24, 2.45) is 5.92 Å². The summed E-state index contributed by atoms with van der Waals surface area (Å²) in [6, 6.07) is 6.55. The zero-order valence-corrected chi connectivity index (χ0v) is 19.1. The van der Waals surface area contributed by atoms with Gasteiger partial charge in [-0.15, -0.1) is 0 Å². The summed E-state index contributed by atoms with van der Waals surface area (Å²) in [4.78, 5) is 9.88. The first kappa shape index (κ1) is 23.1. The average molecular weight is 396 g/mol. The van der Waals surface area contributed by atoms with Crippen LogP contribution in [0.15, 0.2) is 24.3 Å². The second-order valence-electron chi connectivity index (χ2n) is 7.88. The lowest BCUT2D eigenvalue weighted by Gasteiger charge is -2.22. The predicted octanol–water partition coefficient (Wildman–Crippen LogP) is 5.99. The minimum Gasteiger partial charge on any atom is -0.396 e. The number of aromatic nitrogens is 2. The second kappa shape index (κ2) is 10.5. The van der Waals surface area contributed by atoms with Crippen LogP contribution in [0.5, 0.6) is 0 Å². The number of rotatable bonds is 9. The first-order valence-corrected chi connectivity index (χ1v) is 10.9. The number of hydrogen-bond acceptors (Lipinski definition) is 4. The van der Waals surface area contributed by atoms with Crippen molar-refractivity contribution in [1.82, 2.24) is 9.97 Å². The summed E-state index contributed by atoms with van der Waals surface area (Å²) in [5.74, 6) is 1.61. The number of aliphatic hydroxyl groups excluding tert-OH is 1. The Labute approximate surface area is 176 Å². The van der Waals surface area contributed by atoms with Gasteiger partial charge in [-0.05, 0) is 79.8 Å². The quantitative estimate of drug-likeness (QED) is 0.547. The van der Waals surface area contributed by atoms with Gasteiger partial charge >= 0.3 is 0 Å². The summed E-state index contributed by atoms with van der Waals surface area (Å²) in [7, 11) is 1.92. The summed E-state index contributed by atoms with van der Waals surface area (Å²) in [5, 5.41) is 12.7. The maximum atomic E-state index is 9.48. The second-order valence-corrected chi connectivity index (χ2v) is 7.88. The molecule has 2 heterocycles. The molecule has 158 valence electrons. The normalized spacial score (nSPS) is 13.1. The third-order valence-electron chi connectivity index (χ3n) is 5.71. The first-order valence-electron chi connectivity index (χ1n) is 10.9. The Bertz CT molecular complexity index is 855. The number of anilines is 1. The van der Waals surface area contributed by atoms with E-state index < -0.39 is 0 Å². The molecule has 4 heteroatoms. The fourth-order valence-electron chi connectivity index (χ4n) is 3.97. The van der Waals surface area contributed by atoms with E-state index in [1.807, 2.05) is 7.05 Å². The Morgan fingerprint density at radius 2 is 1.93 bits per heavy atom. The maximum Gasteiger partial charge on any atom is 0.135 e.